The molecule has 0 spiro atoms. The maximum atomic E-state index is 5.59. The van der Waals surface area contributed by atoms with Gasteiger partial charge in [-0.2, -0.15) is 0 Å². The van der Waals surface area contributed by atoms with Crippen molar-refractivity contribution < 1.29 is 4.74 Å². The number of rotatable bonds is 5. The van der Waals surface area contributed by atoms with E-state index < -0.39 is 0 Å². The van der Waals surface area contributed by atoms with Crippen LogP contribution in [0.4, 0.5) is 5.69 Å². The maximum Gasteiger partial charge on any atom is 0.173 e. The van der Waals surface area contributed by atoms with Crippen LogP contribution in [0.15, 0.2) is 54.6 Å². The summed E-state index contributed by atoms with van der Waals surface area (Å²) in [5.74, 6) is 1.65. The van der Waals surface area contributed by atoms with Crippen LogP contribution in [0.5, 0.6) is 5.75 Å². The molecule has 2 aromatic carbocycles. The Morgan fingerprint density at radius 1 is 1.08 bits per heavy atom. The molecular weight excluding hydrogens is 328 g/mol. The molecule has 1 fully saturated rings. The molecule has 0 atom stereocenters. The number of nitrogens with zero attached hydrogens (tertiary/aromatic N) is 1. The average molecular weight is 355 g/mol. The third-order valence-electron chi connectivity index (χ3n) is 4.69. The Hall–Kier alpha value is -2.07. The zero-order chi connectivity index (χ0) is 17.5. The molecule has 0 radical (unpaired) electrons. The Morgan fingerprint density at radius 3 is 2.40 bits per heavy atom. The lowest BCUT2D eigenvalue weighted by molar-refractivity contribution is 0.268. The number of ether oxygens (including phenoxy) is 1. The number of hydrogen-bond donors (Lipinski definition) is 1. The van der Waals surface area contributed by atoms with Crippen LogP contribution in [-0.2, 0) is 6.42 Å². The van der Waals surface area contributed by atoms with E-state index in [-0.39, 0.29) is 0 Å². The molecule has 0 saturated carbocycles. The van der Waals surface area contributed by atoms with Crippen LogP contribution in [0.3, 0.4) is 0 Å². The summed E-state index contributed by atoms with van der Waals surface area (Å²) in [6.45, 7) is 4.73. The summed E-state index contributed by atoms with van der Waals surface area (Å²) in [4.78, 5) is 2.29. The average Bonchev–Trinajstić information content (AvgIpc) is 2.65. The number of nitrogens with one attached hydrogen (secondary N) is 1. The Balaban J connectivity index is 1.46. The Labute approximate surface area is 156 Å². The summed E-state index contributed by atoms with van der Waals surface area (Å²) in [6, 6.07) is 18.8. The Morgan fingerprint density at radius 2 is 1.76 bits per heavy atom. The summed E-state index contributed by atoms with van der Waals surface area (Å²) in [5.41, 5.74) is 2.45. The Kier molecular flexibility index (Phi) is 6.29. The van der Waals surface area contributed by atoms with Crippen molar-refractivity contribution >= 4 is 23.0 Å². The molecule has 3 nitrogen and oxygen atoms in total. The maximum absolute atomic E-state index is 5.59. The van der Waals surface area contributed by atoms with E-state index in [1.54, 1.807) is 0 Å². The minimum absolute atomic E-state index is 0.684. The van der Waals surface area contributed by atoms with Crippen molar-refractivity contribution in [2.24, 2.45) is 5.92 Å². The third-order valence-corrected chi connectivity index (χ3v) is 5.05. The van der Waals surface area contributed by atoms with Gasteiger partial charge in [-0.05, 0) is 74.2 Å². The largest absolute Gasteiger partial charge is 0.494 e. The van der Waals surface area contributed by atoms with Gasteiger partial charge in [-0.25, -0.2) is 0 Å². The third kappa shape index (κ3) is 5.20. The fourth-order valence-corrected chi connectivity index (χ4v) is 3.59. The first-order chi connectivity index (χ1) is 12.2. The lowest BCUT2D eigenvalue weighted by Gasteiger charge is -2.34. The van der Waals surface area contributed by atoms with Gasteiger partial charge in [-0.1, -0.05) is 30.3 Å². The van der Waals surface area contributed by atoms with Crippen LogP contribution in [0, 0.1) is 5.92 Å². The van der Waals surface area contributed by atoms with Gasteiger partial charge in [0, 0.05) is 18.8 Å². The number of likely N-dealkylation sites (tertiary alicyclic amines) is 1. The van der Waals surface area contributed by atoms with Crippen LogP contribution in [0.1, 0.15) is 25.3 Å². The van der Waals surface area contributed by atoms with E-state index in [9.17, 15) is 0 Å². The number of thiocarbonyl (C=S) groups is 1. The van der Waals surface area contributed by atoms with Gasteiger partial charge in [-0.15, -0.1) is 0 Å². The summed E-state index contributed by atoms with van der Waals surface area (Å²) in [6.07, 6.45) is 3.56. The van der Waals surface area contributed by atoms with Gasteiger partial charge in [0.15, 0.2) is 5.11 Å². The van der Waals surface area contributed by atoms with Gasteiger partial charge in [0.2, 0.25) is 0 Å². The lowest BCUT2D eigenvalue weighted by Crippen LogP contribution is -2.41. The molecule has 0 unspecified atom stereocenters. The van der Waals surface area contributed by atoms with Crippen molar-refractivity contribution in [3.63, 3.8) is 0 Å². The molecule has 4 heteroatoms. The highest BCUT2D eigenvalue weighted by molar-refractivity contribution is 7.80. The molecule has 0 bridgehead atoms. The molecule has 1 aliphatic rings. The Bertz CT molecular complexity index is 664. The van der Waals surface area contributed by atoms with Crippen molar-refractivity contribution in [1.29, 1.82) is 0 Å². The summed E-state index contributed by atoms with van der Waals surface area (Å²) in [7, 11) is 0. The fraction of sp³-hybridized carbons (Fsp3) is 0.381. The van der Waals surface area contributed by atoms with Gasteiger partial charge in [0.05, 0.1) is 6.61 Å². The van der Waals surface area contributed by atoms with Gasteiger partial charge in [0.1, 0.15) is 5.75 Å². The van der Waals surface area contributed by atoms with Crippen molar-refractivity contribution in [1.82, 2.24) is 4.90 Å². The normalized spacial score (nSPS) is 15.0. The predicted octanol–water partition coefficient (Wildman–Crippen LogP) is 4.74. The van der Waals surface area contributed by atoms with Gasteiger partial charge in [0.25, 0.3) is 0 Å². The smallest absolute Gasteiger partial charge is 0.173 e. The first-order valence-electron chi connectivity index (χ1n) is 9.07. The van der Waals surface area contributed by atoms with Crippen LogP contribution in [0.25, 0.3) is 0 Å². The fourth-order valence-electron chi connectivity index (χ4n) is 3.29. The zero-order valence-corrected chi connectivity index (χ0v) is 15.6. The highest BCUT2D eigenvalue weighted by atomic mass is 32.1. The second-order valence-corrected chi connectivity index (χ2v) is 6.89. The summed E-state index contributed by atoms with van der Waals surface area (Å²) in [5, 5.41) is 4.17. The minimum Gasteiger partial charge on any atom is -0.494 e. The zero-order valence-electron chi connectivity index (χ0n) is 14.8. The molecule has 2 aromatic rings. The van der Waals surface area contributed by atoms with Crippen molar-refractivity contribution in [3.8, 4) is 5.75 Å². The standard InChI is InChI=1S/C21H26N2OS/c1-2-24-20-10-8-19(9-11-20)22-21(25)23-14-12-18(13-15-23)16-17-6-4-3-5-7-17/h3-11,18H,2,12-16H2,1H3,(H,22,25). The van der Waals surface area contributed by atoms with Gasteiger partial charge >= 0.3 is 0 Å². The first kappa shape index (κ1) is 17.7. The van der Waals surface area contributed by atoms with Crippen molar-refractivity contribution in [2.45, 2.75) is 26.2 Å². The molecule has 25 heavy (non-hydrogen) atoms. The molecule has 1 heterocycles. The summed E-state index contributed by atoms with van der Waals surface area (Å²) < 4.78 is 5.47. The molecule has 1 saturated heterocycles. The van der Waals surface area contributed by atoms with Gasteiger partial charge < -0.3 is 15.0 Å². The van der Waals surface area contributed by atoms with E-state index in [0.717, 1.165) is 35.6 Å². The van der Waals surface area contributed by atoms with E-state index in [1.165, 1.54) is 24.8 Å². The number of hydrogen-bond acceptors (Lipinski definition) is 2. The minimum atomic E-state index is 0.684. The van der Waals surface area contributed by atoms with E-state index >= 15 is 0 Å². The van der Waals surface area contributed by atoms with Crippen LogP contribution >= 0.6 is 12.2 Å². The highest BCUT2D eigenvalue weighted by Crippen LogP contribution is 2.23. The van der Waals surface area contributed by atoms with E-state index in [2.05, 4.69) is 40.5 Å². The second kappa shape index (κ2) is 8.86. The number of anilines is 1. The number of piperidine rings is 1. The van der Waals surface area contributed by atoms with E-state index in [4.69, 9.17) is 17.0 Å². The quantitative estimate of drug-likeness (QED) is 0.784. The molecule has 0 aromatic heterocycles. The SMILES string of the molecule is CCOc1ccc(NC(=S)N2CCC(Cc3ccccc3)CC2)cc1. The molecule has 1 N–H and O–H groups in total. The topological polar surface area (TPSA) is 24.5 Å². The van der Waals surface area contributed by atoms with E-state index in [0.29, 0.717) is 6.61 Å². The first-order valence-corrected chi connectivity index (χ1v) is 9.48. The molecule has 1 aliphatic heterocycles. The van der Waals surface area contributed by atoms with Crippen molar-refractivity contribution in [2.75, 3.05) is 25.0 Å². The van der Waals surface area contributed by atoms with Gasteiger partial charge in [-0.3, -0.25) is 0 Å². The molecule has 0 amide bonds. The monoisotopic (exact) mass is 354 g/mol. The highest BCUT2D eigenvalue weighted by Gasteiger charge is 2.21. The number of benzene rings is 2. The van der Waals surface area contributed by atoms with Crippen LogP contribution in [0.2, 0.25) is 0 Å². The summed E-state index contributed by atoms with van der Waals surface area (Å²) >= 11 is 5.59. The molecule has 3 rings (SSSR count). The van der Waals surface area contributed by atoms with Crippen LogP contribution in [-0.4, -0.2) is 29.7 Å². The van der Waals surface area contributed by atoms with Crippen molar-refractivity contribution in [3.05, 3.63) is 60.2 Å². The molecular formula is C21H26N2OS. The van der Waals surface area contributed by atoms with Crippen LogP contribution < -0.4 is 10.1 Å². The lowest BCUT2D eigenvalue weighted by atomic mass is 9.90. The predicted molar refractivity (Wildman–Crippen MR) is 108 cm³/mol. The molecule has 0 aliphatic carbocycles. The molecule has 132 valence electrons. The second-order valence-electron chi connectivity index (χ2n) is 6.51. The van der Waals surface area contributed by atoms with E-state index in [1.807, 2.05) is 31.2 Å².